The molecule has 0 bridgehead atoms. The van der Waals surface area contributed by atoms with Crippen LogP contribution in [0.15, 0.2) is 42.7 Å². The van der Waals surface area contributed by atoms with Gasteiger partial charge in [-0.25, -0.2) is 4.98 Å². The smallest absolute Gasteiger partial charge is 0.147 e. The van der Waals surface area contributed by atoms with E-state index in [0.29, 0.717) is 5.92 Å². The highest BCUT2D eigenvalue weighted by Crippen LogP contribution is 2.19. The molecule has 0 saturated carbocycles. The van der Waals surface area contributed by atoms with Crippen LogP contribution in [0.2, 0.25) is 0 Å². The first-order chi connectivity index (χ1) is 12.2. The van der Waals surface area contributed by atoms with Crippen molar-refractivity contribution in [1.82, 2.24) is 29.2 Å². The van der Waals surface area contributed by atoms with E-state index in [2.05, 4.69) is 73.5 Å². The lowest BCUT2D eigenvalue weighted by atomic mass is 10.2. The van der Waals surface area contributed by atoms with Gasteiger partial charge in [-0.3, -0.25) is 4.90 Å². The summed E-state index contributed by atoms with van der Waals surface area (Å²) in [4.78, 5) is 6.98. The molecule has 0 N–H and O–H groups in total. The molecule has 6 heteroatoms. The lowest BCUT2D eigenvalue weighted by molar-refractivity contribution is 0.200. The van der Waals surface area contributed by atoms with Gasteiger partial charge >= 0.3 is 0 Å². The number of imidazole rings is 1. The first kappa shape index (κ1) is 16.0. The fourth-order valence-electron chi connectivity index (χ4n) is 3.41. The van der Waals surface area contributed by atoms with Crippen LogP contribution in [0, 0.1) is 0 Å². The van der Waals surface area contributed by atoms with E-state index in [1.807, 2.05) is 12.3 Å². The predicted octanol–water partition coefficient (Wildman–Crippen LogP) is 2.66. The number of rotatable bonds is 5. The van der Waals surface area contributed by atoms with Gasteiger partial charge in [0.1, 0.15) is 17.5 Å². The van der Waals surface area contributed by atoms with Crippen LogP contribution in [-0.4, -0.2) is 35.8 Å². The number of aromatic nitrogens is 5. The molecule has 3 aromatic rings. The zero-order valence-corrected chi connectivity index (χ0v) is 14.8. The third-order valence-electron chi connectivity index (χ3n) is 4.74. The molecule has 1 aliphatic heterocycles. The summed E-state index contributed by atoms with van der Waals surface area (Å²) in [5.74, 6) is 3.68. The number of hydrogen-bond donors (Lipinski definition) is 0. The van der Waals surface area contributed by atoms with Crippen molar-refractivity contribution in [3.05, 3.63) is 65.8 Å². The highest BCUT2D eigenvalue weighted by Gasteiger charge is 2.23. The molecule has 130 valence electrons. The van der Waals surface area contributed by atoms with Crippen molar-refractivity contribution in [3.8, 4) is 0 Å². The van der Waals surface area contributed by atoms with E-state index in [1.165, 1.54) is 5.56 Å². The van der Waals surface area contributed by atoms with Crippen LogP contribution in [0.25, 0.3) is 0 Å². The SMILES string of the molecule is CC(C)c1nnc2n1CCN(Cc1nccn1Cc1ccccc1)C2. The molecule has 0 atom stereocenters. The number of benzene rings is 1. The van der Waals surface area contributed by atoms with Gasteiger partial charge in [0.2, 0.25) is 0 Å². The van der Waals surface area contributed by atoms with Crippen molar-refractivity contribution in [3.63, 3.8) is 0 Å². The van der Waals surface area contributed by atoms with Crippen LogP contribution >= 0.6 is 0 Å². The Kier molecular flexibility index (Phi) is 4.36. The van der Waals surface area contributed by atoms with Crippen LogP contribution < -0.4 is 0 Å². The molecule has 1 aliphatic rings. The first-order valence-electron chi connectivity index (χ1n) is 8.89. The summed E-state index contributed by atoms with van der Waals surface area (Å²) in [7, 11) is 0. The largest absolute Gasteiger partial charge is 0.329 e. The Morgan fingerprint density at radius 3 is 2.68 bits per heavy atom. The lowest BCUT2D eigenvalue weighted by Crippen LogP contribution is -2.34. The highest BCUT2D eigenvalue weighted by atomic mass is 15.3. The van der Waals surface area contributed by atoms with Crippen LogP contribution in [0.3, 0.4) is 0 Å². The molecule has 0 amide bonds. The van der Waals surface area contributed by atoms with Crippen LogP contribution in [0.5, 0.6) is 0 Å². The topological polar surface area (TPSA) is 51.8 Å². The number of hydrogen-bond acceptors (Lipinski definition) is 4. The Balaban J connectivity index is 1.46. The Labute approximate surface area is 148 Å². The lowest BCUT2D eigenvalue weighted by Gasteiger charge is -2.28. The average Bonchev–Trinajstić information content (AvgIpc) is 3.22. The van der Waals surface area contributed by atoms with E-state index < -0.39 is 0 Å². The quantitative estimate of drug-likeness (QED) is 0.719. The molecule has 1 aromatic carbocycles. The molecule has 6 nitrogen and oxygen atoms in total. The molecule has 0 fully saturated rings. The van der Waals surface area contributed by atoms with E-state index in [1.54, 1.807) is 0 Å². The van der Waals surface area contributed by atoms with E-state index in [4.69, 9.17) is 0 Å². The second kappa shape index (κ2) is 6.80. The standard InChI is InChI=1S/C19H24N6/c1-15(2)19-22-21-18-14-23(10-11-25(18)19)13-17-20-8-9-24(17)12-16-6-4-3-5-7-16/h3-9,15H,10-14H2,1-2H3. The molecular formula is C19H24N6. The Morgan fingerprint density at radius 2 is 1.88 bits per heavy atom. The molecule has 0 saturated heterocycles. The maximum atomic E-state index is 4.57. The molecule has 0 spiro atoms. The normalized spacial score (nSPS) is 14.8. The average molecular weight is 336 g/mol. The summed E-state index contributed by atoms with van der Waals surface area (Å²) in [6.45, 7) is 8.83. The maximum absolute atomic E-state index is 4.57. The van der Waals surface area contributed by atoms with E-state index >= 15 is 0 Å². The first-order valence-corrected chi connectivity index (χ1v) is 8.89. The number of nitrogens with zero attached hydrogens (tertiary/aromatic N) is 6. The highest BCUT2D eigenvalue weighted by molar-refractivity contribution is 5.16. The van der Waals surface area contributed by atoms with E-state index in [-0.39, 0.29) is 0 Å². The fourth-order valence-corrected chi connectivity index (χ4v) is 3.41. The molecule has 0 unspecified atom stereocenters. The molecule has 0 aliphatic carbocycles. The zero-order valence-electron chi connectivity index (χ0n) is 14.8. The van der Waals surface area contributed by atoms with Crippen molar-refractivity contribution in [2.24, 2.45) is 0 Å². The van der Waals surface area contributed by atoms with Crippen LogP contribution in [0.4, 0.5) is 0 Å². The van der Waals surface area contributed by atoms with E-state index in [9.17, 15) is 0 Å². The van der Waals surface area contributed by atoms with Gasteiger partial charge in [-0.05, 0) is 5.56 Å². The minimum atomic E-state index is 0.414. The predicted molar refractivity (Wildman–Crippen MR) is 96.0 cm³/mol. The zero-order chi connectivity index (χ0) is 17.2. The third-order valence-corrected chi connectivity index (χ3v) is 4.74. The Hall–Kier alpha value is -2.47. The van der Waals surface area contributed by atoms with Crippen molar-refractivity contribution < 1.29 is 0 Å². The summed E-state index contributed by atoms with van der Waals surface area (Å²) in [6, 6.07) is 10.5. The van der Waals surface area contributed by atoms with Gasteiger partial charge in [0, 0.05) is 37.9 Å². The minimum absolute atomic E-state index is 0.414. The second-order valence-electron chi connectivity index (χ2n) is 6.95. The summed E-state index contributed by atoms with van der Waals surface area (Å²) < 4.78 is 4.51. The van der Waals surface area contributed by atoms with Gasteiger partial charge in [-0.1, -0.05) is 44.2 Å². The van der Waals surface area contributed by atoms with Crippen LogP contribution in [-0.2, 0) is 26.2 Å². The summed E-state index contributed by atoms with van der Waals surface area (Å²) in [5, 5.41) is 8.76. The maximum Gasteiger partial charge on any atom is 0.147 e. The van der Waals surface area contributed by atoms with Gasteiger partial charge in [-0.2, -0.15) is 0 Å². The minimum Gasteiger partial charge on any atom is -0.329 e. The molecule has 3 heterocycles. The van der Waals surface area contributed by atoms with Crippen molar-refractivity contribution in [2.75, 3.05) is 6.54 Å². The summed E-state index contributed by atoms with van der Waals surface area (Å²) in [6.07, 6.45) is 3.95. The van der Waals surface area contributed by atoms with Gasteiger partial charge in [-0.15, -0.1) is 10.2 Å². The van der Waals surface area contributed by atoms with E-state index in [0.717, 1.165) is 50.2 Å². The molecule has 25 heavy (non-hydrogen) atoms. The van der Waals surface area contributed by atoms with Gasteiger partial charge < -0.3 is 9.13 Å². The summed E-state index contributed by atoms with van der Waals surface area (Å²) in [5.41, 5.74) is 1.29. The van der Waals surface area contributed by atoms with Gasteiger partial charge in [0.05, 0.1) is 13.1 Å². The van der Waals surface area contributed by atoms with Crippen molar-refractivity contribution in [2.45, 2.75) is 45.9 Å². The third kappa shape index (κ3) is 3.35. The Morgan fingerprint density at radius 1 is 1.04 bits per heavy atom. The monoisotopic (exact) mass is 336 g/mol. The molecule has 2 aromatic heterocycles. The van der Waals surface area contributed by atoms with Crippen molar-refractivity contribution >= 4 is 0 Å². The number of fused-ring (bicyclic) bond motifs is 1. The van der Waals surface area contributed by atoms with Gasteiger partial charge in [0.15, 0.2) is 0 Å². The van der Waals surface area contributed by atoms with Gasteiger partial charge in [0.25, 0.3) is 0 Å². The molecule has 0 radical (unpaired) electrons. The summed E-state index contributed by atoms with van der Waals surface area (Å²) >= 11 is 0. The molecular weight excluding hydrogens is 312 g/mol. The van der Waals surface area contributed by atoms with Crippen LogP contribution in [0.1, 0.15) is 42.8 Å². The second-order valence-corrected chi connectivity index (χ2v) is 6.95. The Bertz CT molecular complexity index is 833. The van der Waals surface area contributed by atoms with Crippen molar-refractivity contribution in [1.29, 1.82) is 0 Å². The molecule has 4 rings (SSSR count). The fraction of sp³-hybridized carbons (Fsp3) is 0.421.